The van der Waals surface area contributed by atoms with Gasteiger partial charge in [0.2, 0.25) is 0 Å². The van der Waals surface area contributed by atoms with Crippen LogP contribution in [0.2, 0.25) is 0 Å². The molecule has 1 aliphatic rings. The maximum Gasteiger partial charge on any atom is 0.305 e. The summed E-state index contributed by atoms with van der Waals surface area (Å²) >= 11 is 0. The Bertz CT molecular complexity index is 874. The molecule has 1 unspecified atom stereocenters. The Balaban J connectivity index is 1.75. The number of carboxylic acids is 1. The monoisotopic (exact) mass is 365 g/mol. The molecule has 0 aliphatic carbocycles. The summed E-state index contributed by atoms with van der Waals surface area (Å²) in [7, 11) is 0. The van der Waals surface area contributed by atoms with Crippen molar-refractivity contribution in [2.45, 2.75) is 32.7 Å². The minimum absolute atomic E-state index is 0.170. The van der Waals surface area contributed by atoms with Crippen LogP contribution in [0.25, 0.3) is 0 Å². The van der Waals surface area contributed by atoms with Gasteiger partial charge in [0.15, 0.2) is 0 Å². The molecule has 0 fully saturated rings. The van der Waals surface area contributed by atoms with E-state index in [9.17, 15) is 14.7 Å². The number of carboxylic acid groups (broad SMARTS) is 1. The lowest BCUT2D eigenvalue weighted by atomic mass is 9.98. The number of hydrogen-bond acceptors (Lipinski definition) is 4. The highest BCUT2D eigenvalue weighted by molar-refractivity contribution is 5.95. The summed E-state index contributed by atoms with van der Waals surface area (Å²) < 4.78 is 0. The third kappa shape index (κ3) is 4.53. The molecule has 6 nitrogen and oxygen atoms in total. The van der Waals surface area contributed by atoms with Crippen LogP contribution in [-0.2, 0) is 4.79 Å². The summed E-state index contributed by atoms with van der Waals surface area (Å²) in [6, 6.07) is 14.1. The fourth-order valence-electron chi connectivity index (χ4n) is 3.18. The van der Waals surface area contributed by atoms with Gasteiger partial charge in [0.25, 0.3) is 5.91 Å². The predicted octanol–water partition coefficient (Wildman–Crippen LogP) is 3.53. The van der Waals surface area contributed by atoms with Gasteiger partial charge < -0.3 is 10.4 Å². The number of carbonyl (C=O) groups is 2. The Kier molecular flexibility index (Phi) is 5.54. The number of nitrogens with zero attached hydrogens (tertiary/aromatic N) is 2. The van der Waals surface area contributed by atoms with Crippen LogP contribution in [0, 0.1) is 6.92 Å². The highest BCUT2D eigenvalue weighted by Gasteiger charge is 2.21. The first-order chi connectivity index (χ1) is 12.9. The van der Waals surface area contributed by atoms with E-state index in [1.807, 2.05) is 55.3 Å². The summed E-state index contributed by atoms with van der Waals surface area (Å²) in [5, 5.41) is 18.4. The number of hydrazone groups is 1. The Morgan fingerprint density at radius 1 is 1.15 bits per heavy atom. The van der Waals surface area contributed by atoms with Gasteiger partial charge in [-0.15, -0.1) is 0 Å². The average molecular weight is 365 g/mol. The molecule has 2 aromatic rings. The molecule has 1 amide bonds. The molecule has 0 saturated heterocycles. The molecule has 1 heterocycles. The minimum Gasteiger partial charge on any atom is -0.481 e. The molecule has 2 N–H and O–H groups in total. The van der Waals surface area contributed by atoms with Gasteiger partial charge in [0.05, 0.1) is 18.2 Å². The van der Waals surface area contributed by atoms with Crippen molar-refractivity contribution in [3.63, 3.8) is 0 Å². The van der Waals surface area contributed by atoms with Crippen molar-refractivity contribution in [3.05, 3.63) is 65.2 Å². The SMILES string of the molecule is CC1=NN(c2ccc(C(=O)NC(CC(=O)O)c3ccccc3C)cc2)CC1. The summed E-state index contributed by atoms with van der Waals surface area (Å²) in [6.07, 6.45) is 0.770. The molecule has 2 aromatic carbocycles. The van der Waals surface area contributed by atoms with Crippen molar-refractivity contribution < 1.29 is 14.7 Å². The molecular weight excluding hydrogens is 342 g/mol. The number of amides is 1. The average Bonchev–Trinajstić information content (AvgIpc) is 3.08. The maximum atomic E-state index is 12.7. The number of nitrogens with one attached hydrogen (secondary N) is 1. The molecule has 0 saturated carbocycles. The van der Waals surface area contributed by atoms with Gasteiger partial charge in [-0.05, 0) is 49.2 Å². The number of benzene rings is 2. The first kappa shape index (κ1) is 18.6. The van der Waals surface area contributed by atoms with E-state index in [1.165, 1.54) is 0 Å². The van der Waals surface area contributed by atoms with Gasteiger partial charge in [-0.1, -0.05) is 24.3 Å². The van der Waals surface area contributed by atoms with Crippen LogP contribution in [0.4, 0.5) is 5.69 Å². The van der Waals surface area contributed by atoms with Crippen LogP contribution in [0.5, 0.6) is 0 Å². The zero-order valence-corrected chi connectivity index (χ0v) is 15.5. The molecule has 0 bridgehead atoms. The third-order valence-corrected chi connectivity index (χ3v) is 4.65. The molecule has 140 valence electrons. The summed E-state index contributed by atoms with van der Waals surface area (Å²) in [5.74, 6) is -1.25. The van der Waals surface area contributed by atoms with Crippen LogP contribution in [0.15, 0.2) is 53.6 Å². The second-order valence-corrected chi connectivity index (χ2v) is 6.74. The molecule has 6 heteroatoms. The van der Waals surface area contributed by atoms with Crippen LogP contribution < -0.4 is 10.3 Å². The number of carbonyl (C=O) groups excluding carboxylic acids is 1. The van der Waals surface area contributed by atoms with Crippen LogP contribution in [0.3, 0.4) is 0 Å². The van der Waals surface area contributed by atoms with E-state index in [0.717, 1.165) is 35.5 Å². The molecule has 1 atom stereocenters. The first-order valence-electron chi connectivity index (χ1n) is 8.94. The quantitative estimate of drug-likeness (QED) is 0.820. The lowest BCUT2D eigenvalue weighted by Gasteiger charge is -2.20. The molecule has 3 rings (SSSR count). The second kappa shape index (κ2) is 8.03. The van der Waals surface area contributed by atoms with Crippen molar-refractivity contribution in [3.8, 4) is 0 Å². The Labute approximate surface area is 158 Å². The molecule has 27 heavy (non-hydrogen) atoms. The Hall–Kier alpha value is -3.15. The van der Waals surface area contributed by atoms with E-state index in [0.29, 0.717) is 5.56 Å². The van der Waals surface area contributed by atoms with Crippen molar-refractivity contribution >= 4 is 23.3 Å². The van der Waals surface area contributed by atoms with Gasteiger partial charge >= 0.3 is 5.97 Å². The standard InChI is InChI=1S/C21H23N3O3/c1-14-5-3-4-6-18(14)19(13-20(25)26)22-21(27)16-7-9-17(10-8-16)24-12-11-15(2)23-24/h3-10,19H,11-13H2,1-2H3,(H,22,27)(H,25,26). The highest BCUT2D eigenvalue weighted by Crippen LogP contribution is 2.23. The topological polar surface area (TPSA) is 82.0 Å². The molecule has 1 aliphatic heterocycles. The van der Waals surface area contributed by atoms with Crippen LogP contribution >= 0.6 is 0 Å². The molecular formula is C21H23N3O3. The highest BCUT2D eigenvalue weighted by atomic mass is 16.4. The fraction of sp³-hybridized carbons (Fsp3) is 0.286. The fourth-order valence-corrected chi connectivity index (χ4v) is 3.18. The molecule has 0 aromatic heterocycles. The van der Waals surface area contributed by atoms with Crippen molar-refractivity contribution in [2.24, 2.45) is 5.10 Å². The van der Waals surface area contributed by atoms with Gasteiger partial charge in [0, 0.05) is 24.2 Å². The zero-order valence-electron chi connectivity index (χ0n) is 15.5. The molecule has 0 radical (unpaired) electrons. The Morgan fingerprint density at radius 2 is 1.85 bits per heavy atom. The van der Waals surface area contributed by atoms with E-state index in [2.05, 4.69) is 10.4 Å². The van der Waals surface area contributed by atoms with Crippen molar-refractivity contribution in [1.29, 1.82) is 0 Å². The predicted molar refractivity (Wildman–Crippen MR) is 105 cm³/mol. The van der Waals surface area contributed by atoms with Crippen LogP contribution in [-0.4, -0.2) is 29.2 Å². The number of hydrogen-bond donors (Lipinski definition) is 2. The summed E-state index contributed by atoms with van der Waals surface area (Å²) in [4.78, 5) is 23.9. The normalized spacial score (nSPS) is 14.6. The zero-order chi connectivity index (χ0) is 19.4. The number of anilines is 1. The van der Waals surface area contributed by atoms with Crippen molar-refractivity contribution in [1.82, 2.24) is 5.32 Å². The maximum absolute atomic E-state index is 12.7. The number of rotatable bonds is 6. The van der Waals surface area contributed by atoms with Gasteiger partial charge in [-0.3, -0.25) is 14.6 Å². The van der Waals surface area contributed by atoms with Gasteiger partial charge in [0.1, 0.15) is 0 Å². The van der Waals surface area contributed by atoms with Gasteiger partial charge in [-0.25, -0.2) is 0 Å². The van der Waals surface area contributed by atoms with E-state index >= 15 is 0 Å². The van der Waals surface area contributed by atoms with Crippen LogP contribution in [0.1, 0.15) is 47.3 Å². The second-order valence-electron chi connectivity index (χ2n) is 6.74. The van der Waals surface area contributed by atoms with Crippen molar-refractivity contribution in [2.75, 3.05) is 11.6 Å². The minimum atomic E-state index is -0.957. The lowest BCUT2D eigenvalue weighted by molar-refractivity contribution is -0.137. The lowest BCUT2D eigenvalue weighted by Crippen LogP contribution is -2.30. The van der Waals surface area contributed by atoms with Gasteiger partial charge in [-0.2, -0.15) is 5.10 Å². The smallest absolute Gasteiger partial charge is 0.305 e. The number of aryl methyl sites for hydroxylation is 1. The van der Waals surface area contributed by atoms with E-state index in [1.54, 1.807) is 12.1 Å². The molecule has 0 spiro atoms. The largest absolute Gasteiger partial charge is 0.481 e. The third-order valence-electron chi connectivity index (χ3n) is 4.65. The van der Waals surface area contributed by atoms with E-state index < -0.39 is 12.0 Å². The van der Waals surface area contributed by atoms with E-state index in [4.69, 9.17) is 0 Å². The first-order valence-corrected chi connectivity index (χ1v) is 8.94. The van der Waals surface area contributed by atoms with E-state index in [-0.39, 0.29) is 12.3 Å². The number of aliphatic carboxylic acids is 1. The summed E-state index contributed by atoms with van der Waals surface area (Å²) in [5.41, 5.74) is 4.27. The Morgan fingerprint density at radius 3 is 2.44 bits per heavy atom. The summed E-state index contributed by atoms with van der Waals surface area (Å²) in [6.45, 7) is 4.74.